The second kappa shape index (κ2) is 11.4. The van der Waals surface area contributed by atoms with E-state index >= 15 is 0 Å². The first-order chi connectivity index (χ1) is 17.5. The number of ether oxygens (including phenoxy) is 3. The van der Waals surface area contributed by atoms with E-state index in [1.165, 1.54) is 17.7 Å². The molecule has 0 saturated carbocycles. The summed E-state index contributed by atoms with van der Waals surface area (Å²) >= 11 is 0. The van der Waals surface area contributed by atoms with Gasteiger partial charge in [-0.1, -0.05) is 19.1 Å². The van der Waals surface area contributed by atoms with Gasteiger partial charge >= 0.3 is 0 Å². The van der Waals surface area contributed by atoms with Gasteiger partial charge in [-0.3, -0.25) is 9.69 Å². The normalized spacial score (nSPS) is 16.1. The molecule has 1 amide bonds. The van der Waals surface area contributed by atoms with E-state index in [1.54, 1.807) is 45.6 Å². The summed E-state index contributed by atoms with van der Waals surface area (Å²) in [6.45, 7) is 3.50. The molecule has 3 aromatic rings. The third-order valence-corrected chi connectivity index (χ3v) is 6.81. The number of amides is 1. The molecule has 0 radical (unpaired) electrons. The molecule has 0 bridgehead atoms. The van der Waals surface area contributed by atoms with Gasteiger partial charge in [0.05, 0.1) is 27.4 Å². The smallest absolute Gasteiger partial charge is 0.251 e. The van der Waals surface area contributed by atoms with Crippen molar-refractivity contribution in [2.45, 2.75) is 38.4 Å². The molecule has 0 saturated heterocycles. The maximum Gasteiger partial charge on any atom is 0.251 e. The third-order valence-electron chi connectivity index (χ3n) is 6.81. The molecule has 6 nitrogen and oxygen atoms in total. The Labute approximate surface area is 212 Å². The topological polar surface area (TPSA) is 60.0 Å². The zero-order valence-electron chi connectivity index (χ0n) is 21.2. The first kappa shape index (κ1) is 25.5. The van der Waals surface area contributed by atoms with Gasteiger partial charge in [0.2, 0.25) is 0 Å². The highest BCUT2D eigenvalue weighted by atomic mass is 19.1. The number of nitrogens with one attached hydrogen (secondary N) is 1. The number of methoxy groups -OCH3 is 3. The fourth-order valence-electron chi connectivity index (χ4n) is 4.90. The Balaban J connectivity index is 1.69. The Morgan fingerprint density at radius 3 is 2.28 bits per heavy atom. The molecule has 1 heterocycles. The quantitative estimate of drug-likeness (QED) is 0.447. The number of halogens is 1. The average molecular weight is 493 g/mol. The maximum absolute atomic E-state index is 13.5. The predicted octanol–water partition coefficient (Wildman–Crippen LogP) is 5.16. The first-order valence-electron chi connectivity index (χ1n) is 12.2. The van der Waals surface area contributed by atoms with Gasteiger partial charge in [0, 0.05) is 24.7 Å². The van der Waals surface area contributed by atoms with Gasteiger partial charge in [0.1, 0.15) is 11.6 Å². The predicted molar refractivity (Wildman–Crippen MR) is 137 cm³/mol. The van der Waals surface area contributed by atoms with Crippen LogP contribution in [0, 0.1) is 5.82 Å². The molecule has 0 spiro atoms. The molecule has 1 aliphatic heterocycles. The lowest BCUT2D eigenvalue weighted by Crippen LogP contribution is -2.48. The molecule has 0 aliphatic carbocycles. The number of benzene rings is 3. The Kier molecular flexibility index (Phi) is 8.10. The van der Waals surface area contributed by atoms with Gasteiger partial charge in [-0.25, -0.2) is 4.39 Å². The largest absolute Gasteiger partial charge is 0.497 e. The summed E-state index contributed by atoms with van der Waals surface area (Å²) in [6, 6.07) is 17.5. The summed E-state index contributed by atoms with van der Waals surface area (Å²) in [4.78, 5) is 15.6. The molecule has 3 aromatic carbocycles. The highest BCUT2D eigenvalue weighted by Crippen LogP contribution is 2.40. The van der Waals surface area contributed by atoms with Crippen molar-refractivity contribution in [3.8, 4) is 17.2 Å². The Bertz CT molecular complexity index is 1180. The van der Waals surface area contributed by atoms with Crippen molar-refractivity contribution < 1.29 is 23.4 Å². The second-order valence-electron chi connectivity index (χ2n) is 8.91. The van der Waals surface area contributed by atoms with E-state index in [-0.39, 0.29) is 23.8 Å². The average Bonchev–Trinajstić information content (AvgIpc) is 2.92. The summed E-state index contributed by atoms with van der Waals surface area (Å²) in [5.41, 5.74) is 3.86. The molecular weight excluding hydrogens is 459 g/mol. The van der Waals surface area contributed by atoms with E-state index in [4.69, 9.17) is 14.2 Å². The Hall–Kier alpha value is -3.58. The molecule has 4 rings (SSSR count). The number of fused-ring (bicyclic) bond motifs is 1. The molecule has 0 fully saturated rings. The number of carbonyl (C=O) groups excluding carboxylic acids is 1. The van der Waals surface area contributed by atoms with Gasteiger partial charge in [-0.05, 0) is 78.1 Å². The van der Waals surface area contributed by atoms with Crippen LogP contribution in [0.3, 0.4) is 0 Å². The zero-order chi connectivity index (χ0) is 25.7. The number of rotatable bonds is 9. The van der Waals surface area contributed by atoms with Crippen LogP contribution in [0.1, 0.15) is 46.4 Å². The van der Waals surface area contributed by atoms with Gasteiger partial charge in [0.25, 0.3) is 5.91 Å². The number of hydrogen-bond acceptors (Lipinski definition) is 5. The molecule has 0 unspecified atom stereocenters. The Morgan fingerprint density at radius 2 is 1.67 bits per heavy atom. The van der Waals surface area contributed by atoms with Crippen molar-refractivity contribution in [1.82, 2.24) is 10.2 Å². The fourth-order valence-corrected chi connectivity index (χ4v) is 4.90. The summed E-state index contributed by atoms with van der Waals surface area (Å²) in [5.74, 6) is 1.65. The van der Waals surface area contributed by atoms with Crippen molar-refractivity contribution in [2.75, 3.05) is 27.9 Å². The van der Waals surface area contributed by atoms with E-state index in [2.05, 4.69) is 17.1 Å². The van der Waals surface area contributed by atoms with Crippen molar-refractivity contribution in [1.29, 1.82) is 0 Å². The van der Waals surface area contributed by atoms with Crippen molar-refractivity contribution in [2.24, 2.45) is 0 Å². The summed E-state index contributed by atoms with van der Waals surface area (Å²) in [6.07, 6.45) is 1.55. The van der Waals surface area contributed by atoms with Gasteiger partial charge < -0.3 is 19.5 Å². The van der Waals surface area contributed by atoms with Crippen LogP contribution in [0.15, 0.2) is 60.7 Å². The van der Waals surface area contributed by atoms with Crippen LogP contribution in [0.4, 0.5) is 4.39 Å². The SMILES string of the molecule is CC[C@@H](NC(=O)c1ccc(OC)cc1)[C@H]1c2cc(OC)c(OC)cc2CCN1Cc1ccc(F)cc1. The molecule has 36 heavy (non-hydrogen) atoms. The van der Waals surface area contributed by atoms with Gasteiger partial charge in [-0.15, -0.1) is 0 Å². The summed E-state index contributed by atoms with van der Waals surface area (Å²) < 4.78 is 29.9. The molecular formula is C29H33FN2O4. The number of hydrogen-bond donors (Lipinski definition) is 1. The van der Waals surface area contributed by atoms with Gasteiger partial charge in [0.15, 0.2) is 11.5 Å². The van der Waals surface area contributed by atoms with E-state index in [0.717, 1.165) is 30.5 Å². The first-order valence-corrected chi connectivity index (χ1v) is 12.2. The monoisotopic (exact) mass is 492 g/mol. The minimum absolute atomic E-state index is 0.106. The summed E-state index contributed by atoms with van der Waals surface area (Å²) in [7, 11) is 4.86. The number of carbonyl (C=O) groups is 1. The molecule has 7 heteroatoms. The van der Waals surface area contributed by atoms with Crippen LogP contribution < -0.4 is 19.5 Å². The highest BCUT2D eigenvalue weighted by molar-refractivity contribution is 5.94. The minimum atomic E-state index is -0.255. The van der Waals surface area contributed by atoms with Crippen molar-refractivity contribution >= 4 is 5.91 Å². The van der Waals surface area contributed by atoms with Crippen LogP contribution >= 0.6 is 0 Å². The molecule has 190 valence electrons. The van der Waals surface area contributed by atoms with E-state index < -0.39 is 0 Å². The standard InChI is InChI=1S/C29H33FN2O4/c1-5-25(31-29(33)20-8-12-23(34-2)13-9-20)28-24-17-27(36-4)26(35-3)16-21(24)14-15-32(28)18-19-6-10-22(30)11-7-19/h6-13,16-17,25,28H,5,14-15,18H2,1-4H3,(H,31,33)/t25-,28-/m1/s1. The fraction of sp³-hybridized carbons (Fsp3) is 0.345. The van der Waals surface area contributed by atoms with Crippen LogP contribution in [0.5, 0.6) is 17.2 Å². The lowest BCUT2D eigenvalue weighted by molar-refractivity contribution is 0.0859. The molecule has 1 N–H and O–H groups in total. The lowest BCUT2D eigenvalue weighted by Gasteiger charge is -2.42. The molecule has 0 aromatic heterocycles. The number of nitrogens with zero attached hydrogens (tertiary/aromatic N) is 1. The molecule has 2 atom stereocenters. The lowest BCUT2D eigenvalue weighted by atomic mass is 9.86. The van der Waals surface area contributed by atoms with Crippen LogP contribution in [-0.4, -0.2) is 44.7 Å². The van der Waals surface area contributed by atoms with Gasteiger partial charge in [-0.2, -0.15) is 0 Å². The van der Waals surface area contributed by atoms with Crippen molar-refractivity contribution in [3.05, 3.63) is 88.7 Å². The third kappa shape index (κ3) is 5.46. The zero-order valence-corrected chi connectivity index (χ0v) is 21.2. The molecule has 1 aliphatic rings. The van der Waals surface area contributed by atoms with Crippen LogP contribution in [-0.2, 0) is 13.0 Å². The van der Waals surface area contributed by atoms with Crippen LogP contribution in [0.2, 0.25) is 0 Å². The highest BCUT2D eigenvalue weighted by Gasteiger charge is 2.35. The van der Waals surface area contributed by atoms with Crippen molar-refractivity contribution in [3.63, 3.8) is 0 Å². The van der Waals surface area contributed by atoms with E-state index in [0.29, 0.717) is 29.4 Å². The second-order valence-corrected chi connectivity index (χ2v) is 8.91. The van der Waals surface area contributed by atoms with E-state index in [9.17, 15) is 9.18 Å². The minimum Gasteiger partial charge on any atom is -0.497 e. The van der Waals surface area contributed by atoms with E-state index in [1.807, 2.05) is 24.3 Å². The maximum atomic E-state index is 13.5. The summed E-state index contributed by atoms with van der Waals surface area (Å²) in [5, 5.41) is 3.27. The van der Waals surface area contributed by atoms with Crippen LogP contribution in [0.25, 0.3) is 0 Å². The Morgan fingerprint density at radius 1 is 1.00 bits per heavy atom.